The van der Waals surface area contributed by atoms with Crippen LogP contribution < -0.4 is 11.1 Å². The van der Waals surface area contributed by atoms with E-state index in [2.05, 4.69) is 39.9 Å². The van der Waals surface area contributed by atoms with Gasteiger partial charge < -0.3 is 20.9 Å². The molecule has 7 nitrogen and oxygen atoms in total. The summed E-state index contributed by atoms with van der Waals surface area (Å²) in [6.45, 7) is 12.6. The van der Waals surface area contributed by atoms with Gasteiger partial charge in [0.05, 0.1) is 16.3 Å². The van der Waals surface area contributed by atoms with Crippen molar-refractivity contribution in [2.24, 2.45) is 5.92 Å². The number of nitrogens with zero attached hydrogens (tertiary/aromatic N) is 4. The van der Waals surface area contributed by atoms with Crippen LogP contribution in [0.15, 0.2) is 36.4 Å². The number of fused-ring (bicyclic) bond motifs is 1. The largest absolute Gasteiger partial charge is 0.418 e. The summed E-state index contributed by atoms with van der Waals surface area (Å²) < 4.78 is 41.1. The summed E-state index contributed by atoms with van der Waals surface area (Å²) in [7, 11) is 0. The molecule has 1 atom stereocenters. The van der Waals surface area contributed by atoms with Crippen LogP contribution in [0.1, 0.15) is 49.8 Å². The number of alkyl halides is 3. The third-order valence-corrected chi connectivity index (χ3v) is 10.1. The third kappa shape index (κ3) is 7.81. The highest BCUT2D eigenvalue weighted by Crippen LogP contribution is 2.38. The molecule has 0 aromatic heterocycles. The summed E-state index contributed by atoms with van der Waals surface area (Å²) in [5, 5.41) is 3.05. The predicted molar refractivity (Wildman–Crippen MR) is 171 cm³/mol. The maximum absolute atomic E-state index is 13.7. The number of nitrogen functional groups attached to an aromatic ring is 1. The van der Waals surface area contributed by atoms with Crippen molar-refractivity contribution >= 4 is 29.0 Å². The van der Waals surface area contributed by atoms with Crippen molar-refractivity contribution in [1.82, 2.24) is 19.6 Å². The van der Waals surface area contributed by atoms with Crippen LogP contribution in [-0.4, -0.2) is 96.6 Å². The zero-order valence-corrected chi connectivity index (χ0v) is 26.6. The van der Waals surface area contributed by atoms with E-state index in [-0.39, 0.29) is 23.0 Å². The first-order valence-electron chi connectivity index (χ1n) is 16.0. The van der Waals surface area contributed by atoms with Gasteiger partial charge in [-0.1, -0.05) is 43.6 Å². The van der Waals surface area contributed by atoms with E-state index in [0.717, 1.165) is 83.7 Å². The summed E-state index contributed by atoms with van der Waals surface area (Å²) in [5.41, 5.74) is 7.10. The molecular formula is C33H46ClF3N6O. The molecule has 0 radical (unpaired) electrons. The Kier molecular flexibility index (Phi) is 10.7. The Morgan fingerprint density at radius 1 is 1.07 bits per heavy atom. The minimum Gasteiger partial charge on any atom is -0.397 e. The van der Waals surface area contributed by atoms with E-state index in [9.17, 15) is 18.0 Å². The van der Waals surface area contributed by atoms with E-state index >= 15 is 0 Å². The normalized spacial score (nSPS) is 19.9. The second-order valence-electron chi connectivity index (χ2n) is 12.6. The number of likely N-dealkylation sites (tertiary alicyclic amines) is 2. The van der Waals surface area contributed by atoms with Gasteiger partial charge in [0, 0.05) is 57.0 Å². The quantitative estimate of drug-likeness (QED) is 0.294. The molecule has 44 heavy (non-hydrogen) atoms. The van der Waals surface area contributed by atoms with Crippen LogP contribution in [0.4, 0.5) is 29.3 Å². The van der Waals surface area contributed by atoms with Gasteiger partial charge in [0.1, 0.15) is 0 Å². The first-order chi connectivity index (χ1) is 21.0. The summed E-state index contributed by atoms with van der Waals surface area (Å²) in [5.74, 6) is 0.182. The lowest BCUT2D eigenvalue weighted by atomic mass is 9.91. The number of urea groups is 1. The van der Waals surface area contributed by atoms with Gasteiger partial charge in [-0.3, -0.25) is 9.80 Å². The van der Waals surface area contributed by atoms with E-state index in [0.29, 0.717) is 24.6 Å². The molecule has 3 heterocycles. The average molecular weight is 635 g/mol. The lowest BCUT2D eigenvalue weighted by molar-refractivity contribution is -0.137. The zero-order chi connectivity index (χ0) is 31.4. The van der Waals surface area contributed by atoms with Gasteiger partial charge in [0.15, 0.2) is 0 Å². The van der Waals surface area contributed by atoms with E-state index in [1.54, 1.807) is 6.07 Å². The number of rotatable bonds is 11. The smallest absolute Gasteiger partial charge is 0.397 e. The van der Waals surface area contributed by atoms with Gasteiger partial charge >= 0.3 is 12.2 Å². The standard InChI is InChI=1S/C33H46ClF3N6O/c1-3-42(4-2)27-21-41(22-27)20-23(17-24-18-28(33(35,36)37)31(38)29(34)19-24)9-13-40-14-11-26(12-15-40)43-16-10-25-7-5-6-8-30(25)39-32(43)44/h5-8,18-19,23,26-27H,3-4,9-17,20-22,38H2,1-2H3,(H,39,44). The van der Waals surface area contributed by atoms with Gasteiger partial charge in [0.2, 0.25) is 0 Å². The van der Waals surface area contributed by atoms with Gasteiger partial charge in [-0.25, -0.2) is 4.79 Å². The van der Waals surface area contributed by atoms with Gasteiger partial charge in [-0.2, -0.15) is 13.2 Å². The molecule has 11 heteroatoms. The SMILES string of the molecule is CCN(CC)C1CN(CC(CCN2CCC(N3CCc4ccccc4NC3=O)CC2)Cc2cc(Cl)c(N)c(C(F)(F)F)c2)C1. The van der Waals surface area contributed by atoms with Crippen molar-refractivity contribution in [3.8, 4) is 0 Å². The number of anilines is 2. The van der Waals surface area contributed by atoms with Crippen LogP contribution in [0.2, 0.25) is 5.02 Å². The maximum Gasteiger partial charge on any atom is 0.418 e. The fourth-order valence-electron chi connectivity index (χ4n) is 7.20. The van der Waals surface area contributed by atoms with Crippen molar-refractivity contribution in [2.45, 2.75) is 64.2 Å². The molecule has 1 unspecified atom stereocenters. The lowest BCUT2D eigenvalue weighted by Crippen LogP contribution is -2.60. The molecule has 2 amide bonds. The highest BCUT2D eigenvalue weighted by molar-refractivity contribution is 6.33. The summed E-state index contributed by atoms with van der Waals surface area (Å²) in [6, 6.07) is 11.5. The van der Waals surface area contributed by atoms with Crippen LogP contribution in [0, 0.1) is 5.92 Å². The highest BCUT2D eigenvalue weighted by Gasteiger charge is 2.36. The second kappa shape index (κ2) is 14.3. The average Bonchev–Trinajstić information content (AvgIpc) is 3.14. The number of benzene rings is 2. The molecule has 0 aliphatic carbocycles. The Morgan fingerprint density at radius 3 is 2.45 bits per heavy atom. The molecule has 0 spiro atoms. The topological polar surface area (TPSA) is 68.1 Å². The van der Waals surface area contributed by atoms with Crippen LogP contribution in [0.5, 0.6) is 0 Å². The Morgan fingerprint density at radius 2 is 1.77 bits per heavy atom. The Hall–Kier alpha value is -2.53. The monoisotopic (exact) mass is 634 g/mol. The van der Waals surface area contributed by atoms with Crippen molar-refractivity contribution < 1.29 is 18.0 Å². The van der Waals surface area contributed by atoms with Crippen LogP contribution in [0.25, 0.3) is 0 Å². The van der Waals surface area contributed by atoms with Crippen molar-refractivity contribution in [2.75, 3.05) is 70.0 Å². The second-order valence-corrected chi connectivity index (χ2v) is 13.0. The minimum atomic E-state index is -4.55. The molecule has 242 valence electrons. The third-order valence-electron chi connectivity index (χ3n) is 9.80. The molecule has 2 aromatic rings. The minimum absolute atomic E-state index is 0.0218. The van der Waals surface area contributed by atoms with Crippen molar-refractivity contribution in [3.05, 3.63) is 58.1 Å². The van der Waals surface area contributed by atoms with Crippen molar-refractivity contribution in [3.63, 3.8) is 0 Å². The van der Waals surface area contributed by atoms with Crippen LogP contribution >= 0.6 is 11.6 Å². The number of piperidine rings is 1. The molecule has 2 saturated heterocycles. The first kappa shape index (κ1) is 32.9. The molecule has 0 bridgehead atoms. The molecule has 3 N–H and O–H groups in total. The number of hydrogen-bond donors (Lipinski definition) is 2. The number of para-hydroxylation sites is 1. The fourth-order valence-corrected chi connectivity index (χ4v) is 7.45. The molecule has 5 rings (SSSR count). The van der Waals surface area contributed by atoms with E-state index in [1.165, 1.54) is 11.6 Å². The number of halogens is 4. The number of hydrogen-bond acceptors (Lipinski definition) is 5. The van der Waals surface area contributed by atoms with Crippen LogP contribution in [-0.2, 0) is 19.0 Å². The fraction of sp³-hybridized carbons (Fsp3) is 0.606. The van der Waals surface area contributed by atoms with E-state index in [4.69, 9.17) is 17.3 Å². The predicted octanol–water partition coefficient (Wildman–Crippen LogP) is 6.07. The summed E-state index contributed by atoms with van der Waals surface area (Å²) in [4.78, 5) is 22.4. The lowest BCUT2D eigenvalue weighted by Gasteiger charge is -2.46. The molecule has 0 saturated carbocycles. The Labute approximate surface area is 264 Å². The van der Waals surface area contributed by atoms with Gasteiger partial charge in [0.25, 0.3) is 0 Å². The first-order valence-corrected chi connectivity index (χ1v) is 16.4. The summed E-state index contributed by atoms with van der Waals surface area (Å²) in [6.07, 6.45) is -0.498. The number of nitrogens with one attached hydrogen (secondary N) is 1. The Bertz CT molecular complexity index is 1270. The highest BCUT2D eigenvalue weighted by atomic mass is 35.5. The number of amides is 2. The molecule has 2 aromatic carbocycles. The van der Waals surface area contributed by atoms with Gasteiger partial charge in [-0.05, 0) is 87.0 Å². The van der Waals surface area contributed by atoms with E-state index < -0.39 is 17.4 Å². The van der Waals surface area contributed by atoms with E-state index in [1.807, 2.05) is 23.1 Å². The number of nitrogens with two attached hydrogens (primary N) is 1. The molecule has 3 aliphatic heterocycles. The van der Waals surface area contributed by atoms with Crippen LogP contribution in [0.3, 0.4) is 0 Å². The van der Waals surface area contributed by atoms with Gasteiger partial charge in [-0.15, -0.1) is 0 Å². The number of carbonyl (C=O) groups is 1. The number of likely N-dealkylation sites (N-methyl/N-ethyl adjacent to an activating group) is 1. The maximum atomic E-state index is 13.7. The summed E-state index contributed by atoms with van der Waals surface area (Å²) >= 11 is 6.18. The number of carbonyl (C=O) groups excluding carboxylic acids is 1. The molecular weight excluding hydrogens is 589 g/mol. The zero-order valence-electron chi connectivity index (χ0n) is 25.9. The Balaban J connectivity index is 1.19. The molecule has 3 aliphatic rings. The molecule has 2 fully saturated rings. The van der Waals surface area contributed by atoms with Crippen molar-refractivity contribution in [1.29, 1.82) is 0 Å².